The number of hydrogen-bond acceptors (Lipinski definition) is 5. The number of aromatic amines is 1. The van der Waals surface area contributed by atoms with Crippen LogP contribution in [0.15, 0.2) is 72.8 Å². The average Bonchev–Trinajstić information content (AvgIpc) is 3.38. The highest BCUT2D eigenvalue weighted by Gasteiger charge is 2.38. The maximum Gasteiger partial charge on any atom is 0.490 e. The topological polar surface area (TPSA) is 81.7 Å². The molecule has 2 heterocycles. The first-order chi connectivity index (χ1) is 18.7. The molecule has 7 nitrogen and oxygen atoms in total. The number of piperazine rings is 1. The lowest BCUT2D eigenvalue weighted by molar-refractivity contribution is -0.192. The number of aromatic nitrogens is 2. The molecular formula is C29H31F3N4O3. The molecule has 10 heteroatoms. The van der Waals surface area contributed by atoms with Crippen molar-refractivity contribution in [3.05, 3.63) is 78.4 Å². The molecule has 5 rings (SSSR count). The van der Waals surface area contributed by atoms with Crippen LogP contribution in [0.1, 0.15) is 5.56 Å². The number of ether oxygens (including phenoxy) is 1. The van der Waals surface area contributed by atoms with Crippen molar-refractivity contribution in [2.75, 3.05) is 46.4 Å². The van der Waals surface area contributed by atoms with Crippen molar-refractivity contribution in [3.63, 3.8) is 0 Å². The van der Waals surface area contributed by atoms with Crippen molar-refractivity contribution in [3.8, 4) is 22.5 Å². The molecule has 1 aromatic heterocycles. The van der Waals surface area contributed by atoms with E-state index in [9.17, 15) is 13.2 Å². The van der Waals surface area contributed by atoms with Crippen LogP contribution in [0.25, 0.3) is 33.5 Å². The van der Waals surface area contributed by atoms with Gasteiger partial charge in [-0.15, -0.1) is 0 Å². The number of carbonyl (C=O) groups is 1. The Balaban J connectivity index is 0.000000448. The van der Waals surface area contributed by atoms with Crippen molar-refractivity contribution < 1.29 is 27.8 Å². The van der Waals surface area contributed by atoms with Gasteiger partial charge in [-0.1, -0.05) is 54.6 Å². The number of rotatable bonds is 7. The van der Waals surface area contributed by atoms with E-state index >= 15 is 0 Å². The van der Waals surface area contributed by atoms with E-state index in [1.54, 1.807) is 7.11 Å². The summed E-state index contributed by atoms with van der Waals surface area (Å²) in [6, 6.07) is 25.8. The third kappa shape index (κ3) is 7.89. The average molecular weight is 541 g/mol. The number of carboxylic acid groups (broad SMARTS) is 1. The first-order valence-corrected chi connectivity index (χ1v) is 12.6. The maximum absolute atomic E-state index is 10.6. The van der Waals surface area contributed by atoms with Crippen LogP contribution in [0.2, 0.25) is 0 Å². The van der Waals surface area contributed by atoms with Crippen molar-refractivity contribution in [1.29, 1.82) is 0 Å². The maximum atomic E-state index is 10.6. The number of para-hydroxylation sites is 2. The number of alkyl halides is 3. The van der Waals surface area contributed by atoms with Crippen LogP contribution in [-0.2, 0) is 16.1 Å². The summed E-state index contributed by atoms with van der Waals surface area (Å²) in [5.74, 6) is -1.85. The second-order valence-electron chi connectivity index (χ2n) is 9.29. The number of carboxylic acids is 1. The van der Waals surface area contributed by atoms with Gasteiger partial charge in [0, 0.05) is 51.9 Å². The summed E-state index contributed by atoms with van der Waals surface area (Å²) in [5.41, 5.74) is 6.98. The molecule has 3 aromatic carbocycles. The Kier molecular flexibility index (Phi) is 9.34. The van der Waals surface area contributed by atoms with E-state index in [4.69, 9.17) is 19.6 Å². The largest absolute Gasteiger partial charge is 0.490 e. The third-order valence-corrected chi connectivity index (χ3v) is 6.54. The lowest BCUT2D eigenvalue weighted by atomic mass is 10.0. The van der Waals surface area contributed by atoms with Gasteiger partial charge in [-0.2, -0.15) is 13.2 Å². The summed E-state index contributed by atoms with van der Waals surface area (Å²) < 4.78 is 36.9. The van der Waals surface area contributed by atoms with Crippen LogP contribution in [0.4, 0.5) is 13.2 Å². The van der Waals surface area contributed by atoms with E-state index in [0.717, 1.165) is 68.3 Å². The quantitative estimate of drug-likeness (QED) is 0.331. The first kappa shape index (κ1) is 28.3. The lowest BCUT2D eigenvalue weighted by Gasteiger charge is -2.34. The highest BCUT2D eigenvalue weighted by molar-refractivity contribution is 5.80. The number of aliphatic carboxylic acids is 1. The van der Waals surface area contributed by atoms with E-state index < -0.39 is 12.1 Å². The summed E-state index contributed by atoms with van der Waals surface area (Å²) >= 11 is 0. The van der Waals surface area contributed by atoms with Gasteiger partial charge in [0.1, 0.15) is 5.82 Å². The predicted octanol–water partition coefficient (Wildman–Crippen LogP) is 5.29. The molecule has 39 heavy (non-hydrogen) atoms. The number of halogens is 3. The predicted molar refractivity (Wildman–Crippen MR) is 144 cm³/mol. The fourth-order valence-corrected chi connectivity index (χ4v) is 4.39. The van der Waals surface area contributed by atoms with Crippen LogP contribution in [0.5, 0.6) is 0 Å². The second kappa shape index (κ2) is 12.9. The molecular weight excluding hydrogens is 509 g/mol. The molecule has 1 saturated heterocycles. The molecule has 0 atom stereocenters. The number of hydrogen-bond donors (Lipinski definition) is 2. The molecule has 1 fully saturated rings. The number of methoxy groups -OCH3 is 1. The fourth-order valence-electron chi connectivity index (χ4n) is 4.39. The lowest BCUT2D eigenvalue weighted by Crippen LogP contribution is -2.46. The Hall–Kier alpha value is -3.73. The highest BCUT2D eigenvalue weighted by Crippen LogP contribution is 2.27. The highest BCUT2D eigenvalue weighted by atomic mass is 19.4. The summed E-state index contributed by atoms with van der Waals surface area (Å²) in [6.45, 7) is 7.34. The Bertz CT molecular complexity index is 1330. The van der Waals surface area contributed by atoms with Crippen LogP contribution in [-0.4, -0.2) is 83.5 Å². The Morgan fingerprint density at radius 2 is 1.56 bits per heavy atom. The van der Waals surface area contributed by atoms with Crippen LogP contribution in [0, 0.1) is 0 Å². The molecule has 0 saturated carbocycles. The van der Waals surface area contributed by atoms with E-state index in [0.29, 0.717) is 0 Å². The zero-order valence-corrected chi connectivity index (χ0v) is 21.6. The van der Waals surface area contributed by atoms with Gasteiger partial charge in [0.2, 0.25) is 0 Å². The number of H-pyrrole nitrogens is 1. The molecule has 0 amide bonds. The minimum atomic E-state index is -5.08. The molecule has 0 aliphatic carbocycles. The molecule has 1 aliphatic rings. The van der Waals surface area contributed by atoms with Gasteiger partial charge in [-0.3, -0.25) is 9.80 Å². The van der Waals surface area contributed by atoms with E-state index in [2.05, 4.69) is 69.4 Å². The van der Waals surface area contributed by atoms with Gasteiger partial charge in [-0.05, 0) is 34.9 Å². The minimum absolute atomic E-state index is 0.818. The summed E-state index contributed by atoms with van der Waals surface area (Å²) in [4.78, 5) is 22.1. The van der Waals surface area contributed by atoms with Crippen molar-refractivity contribution in [1.82, 2.24) is 19.8 Å². The van der Waals surface area contributed by atoms with Crippen molar-refractivity contribution in [2.24, 2.45) is 0 Å². The Labute approximate surface area is 224 Å². The molecule has 206 valence electrons. The van der Waals surface area contributed by atoms with Crippen molar-refractivity contribution >= 4 is 17.0 Å². The second-order valence-corrected chi connectivity index (χ2v) is 9.29. The monoisotopic (exact) mass is 540 g/mol. The smallest absolute Gasteiger partial charge is 0.475 e. The standard InChI is InChI=1S/C27H30N4O.C2HF3O2/c1-32-18-17-30-13-15-31(16-14-30)20-21-9-11-22(12-10-21)23-5-4-6-24(19-23)27-28-25-7-2-3-8-26(25)29-27;3-2(4,5)1(6)7/h2-12,19H,13-18,20H2,1H3,(H,28,29);(H,6,7). The fraction of sp³-hybridized carbons (Fsp3) is 0.310. The summed E-state index contributed by atoms with van der Waals surface area (Å²) in [7, 11) is 1.77. The Morgan fingerprint density at radius 3 is 2.21 bits per heavy atom. The zero-order chi connectivity index (χ0) is 27.8. The van der Waals surface area contributed by atoms with Crippen LogP contribution in [0.3, 0.4) is 0 Å². The number of nitrogens with zero attached hydrogens (tertiary/aromatic N) is 3. The van der Waals surface area contributed by atoms with Gasteiger partial charge in [0.25, 0.3) is 0 Å². The van der Waals surface area contributed by atoms with Crippen LogP contribution < -0.4 is 0 Å². The van der Waals surface area contributed by atoms with Gasteiger partial charge in [0.05, 0.1) is 17.6 Å². The van der Waals surface area contributed by atoms with Gasteiger partial charge >= 0.3 is 12.1 Å². The van der Waals surface area contributed by atoms with E-state index in [1.807, 2.05) is 18.2 Å². The van der Waals surface area contributed by atoms with Gasteiger partial charge < -0.3 is 14.8 Å². The van der Waals surface area contributed by atoms with Gasteiger partial charge in [-0.25, -0.2) is 9.78 Å². The van der Waals surface area contributed by atoms with Gasteiger partial charge in [0.15, 0.2) is 0 Å². The summed E-state index contributed by atoms with van der Waals surface area (Å²) in [6.07, 6.45) is -5.08. The van der Waals surface area contributed by atoms with Crippen molar-refractivity contribution in [2.45, 2.75) is 12.7 Å². The molecule has 1 aliphatic heterocycles. The molecule has 4 aromatic rings. The third-order valence-electron chi connectivity index (χ3n) is 6.54. The SMILES string of the molecule is COCCN1CCN(Cc2ccc(-c3cccc(-c4nc5ccccc5[nH]4)c3)cc2)CC1.O=C(O)C(F)(F)F. The Morgan fingerprint density at radius 1 is 0.923 bits per heavy atom. The first-order valence-electron chi connectivity index (χ1n) is 12.6. The number of fused-ring (bicyclic) bond motifs is 1. The molecule has 0 spiro atoms. The van der Waals surface area contributed by atoms with E-state index in [-0.39, 0.29) is 0 Å². The number of imidazole rings is 1. The number of nitrogens with one attached hydrogen (secondary N) is 1. The summed E-state index contributed by atoms with van der Waals surface area (Å²) in [5, 5.41) is 7.12. The number of benzene rings is 3. The molecule has 0 unspecified atom stereocenters. The van der Waals surface area contributed by atoms with E-state index in [1.165, 1.54) is 16.7 Å². The molecule has 2 N–H and O–H groups in total. The molecule has 0 radical (unpaired) electrons. The van der Waals surface area contributed by atoms with Crippen LogP contribution >= 0.6 is 0 Å². The zero-order valence-electron chi connectivity index (χ0n) is 21.6. The minimum Gasteiger partial charge on any atom is -0.475 e. The normalized spacial score (nSPS) is 14.7. The molecule has 0 bridgehead atoms.